The van der Waals surface area contributed by atoms with Crippen molar-refractivity contribution in [2.45, 2.75) is 84.6 Å². The van der Waals surface area contributed by atoms with E-state index in [0.29, 0.717) is 10.3 Å². The maximum Gasteiger partial charge on any atom is 0.120 e. The van der Waals surface area contributed by atoms with Crippen molar-refractivity contribution >= 4 is 7.92 Å². The predicted octanol–water partition coefficient (Wildman–Crippen LogP) is 6.49. The van der Waals surface area contributed by atoms with Crippen molar-refractivity contribution in [2.75, 3.05) is 6.16 Å². The Morgan fingerprint density at radius 1 is 0.773 bits per heavy atom. The van der Waals surface area contributed by atoms with E-state index in [4.69, 9.17) is 4.74 Å². The molecule has 1 aromatic rings. The number of rotatable bonds is 4. The third-order valence-corrected chi connectivity index (χ3v) is 7.50. The van der Waals surface area contributed by atoms with Gasteiger partial charge in [0.05, 0.1) is 0 Å². The van der Waals surface area contributed by atoms with Crippen LogP contribution in [-0.4, -0.2) is 22.1 Å². The summed E-state index contributed by atoms with van der Waals surface area (Å²) in [5.41, 5.74) is 1.29. The summed E-state index contributed by atoms with van der Waals surface area (Å²) in [6.07, 6.45) is 2.46. The van der Waals surface area contributed by atoms with Crippen LogP contribution in [0.2, 0.25) is 0 Å². The molecule has 0 aliphatic rings. The van der Waals surface area contributed by atoms with Crippen molar-refractivity contribution in [3.8, 4) is 5.75 Å². The molecular weight excluding hydrogens is 287 g/mol. The Kier molecular flexibility index (Phi) is 6.13. The highest BCUT2D eigenvalue weighted by molar-refractivity contribution is 7.60. The SMILES string of the molecule is CC(C)(C)Oc1ccc(CCP(C(C)(C)C)C(C)(C)C)cc1. The van der Waals surface area contributed by atoms with Crippen molar-refractivity contribution in [1.29, 1.82) is 0 Å². The Labute approximate surface area is 139 Å². The van der Waals surface area contributed by atoms with Gasteiger partial charge in [-0.3, -0.25) is 0 Å². The molecule has 0 aliphatic carbocycles. The molecule has 0 amide bonds. The molecule has 126 valence electrons. The number of hydrogen-bond acceptors (Lipinski definition) is 1. The molecule has 0 spiro atoms. The number of hydrogen-bond donors (Lipinski definition) is 0. The van der Waals surface area contributed by atoms with Gasteiger partial charge in [0.25, 0.3) is 0 Å². The van der Waals surface area contributed by atoms with Crippen molar-refractivity contribution in [1.82, 2.24) is 0 Å². The minimum absolute atomic E-state index is 0.0275. The van der Waals surface area contributed by atoms with E-state index in [1.54, 1.807) is 0 Å². The van der Waals surface area contributed by atoms with Crippen molar-refractivity contribution in [2.24, 2.45) is 0 Å². The maximum absolute atomic E-state index is 5.89. The first-order valence-corrected chi connectivity index (χ1v) is 9.87. The van der Waals surface area contributed by atoms with Crippen LogP contribution in [0.1, 0.15) is 67.9 Å². The van der Waals surface area contributed by atoms with Crippen LogP contribution in [0.4, 0.5) is 0 Å². The molecule has 0 unspecified atom stereocenters. The van der Waals surface area contributed by atoms with Crippen LogP contribution in [0.15, 0.2) is 24.3 Å². The summed E-state index contributed by atoms with van der Waals surface area (Å²) in [4.78, 5) is 0. The van der Waals surface area contributed by atoms with E-state index in [0.717, 1.165) is 12.2 Å². The van der Waals surface area contributed by atoms with Crippen LogP contribution in [0.5, 0.6) is 5.75 Å². The second-order valence-corrected chi connectivity index (χ2v) is 13.1. The average Bonchev–Trinajstić information content (AvgIpc) is 2.26. The molecule has 1 aromatic carbocycles. The second kappa shape index (κ2) is 6.91. The highest BCUT2D eigenvalue weighted by Gasteiger charge is 2.33. The summed E-state index contributed by atoms with van der Waals surface area (Å²) in [7, 11) is -0.0275. The zero-order chi connectivity index (χ0) is 17.2. The normalized spacial score (nSPS) is 13.5. The van der Waals surface area contributed by atoms with Crippen LogP contribution < -0.4 is 4.74 Å². The topological polar surface area (TPSA) is 9.23 Å². The summed E-state index contributed by atoms with van der Waals surface area (Å²) in [6.45, 7) is 20.6. The van der Waals surface area contributed by atoms with Crippen molar-refractivity contribution in [3.05, 3.63) is 29.8 Å². The van der Waals surface area contributed by atoms with Gasteiger partial charge in [-0.05, 0) is 61.4 Å². The molecule has 0 N–H and O–H groups in total. The zero-order valence-electron chi connectivity index (χ0n) is 16.1. The van der Waals surface area contributed by atoms with Crippen LogP contribution >= 0.6 is 7.92 Å². The third-order valence-electron chi connectivity index (χ3n) is 3.59. The van der Waals surface area contributed by atoms with Crippen LogP contribution in [0.3, 0.4) is 0 Å². The predicted molar refractivity (Wildman–Crippen MR) is 102 cm³/mol. The van der Waals surface area contributed by atoms with Gasteiger partial charge >= 0.3 is 0 Å². The Hall–Kier alpha value is -0.550. The first kappa shape index (κ1) is 19.5. The Morgan fingerprint density at radius 3 is 1.59 bits per heavy atom. The minimum atomic E-state index is -0.131. The number of aryl methyl sites for hydroxylation is 1. The van der Waals surface area contributed by atoms with Crippen molar-refractivity contribution < 1.29 is 4.74 Å². The van der Waals surface area contributed by atoms with Gasteiger partial charge in [0.1, 0.15) is 11.4 Å². The zero-order valence-corrected chi connectivity index (χ0v) is 17.0. The van der Waals surface area contributed by atoms with Gasteiger partial charge < -0.3 is 4.74 Å². The standard InChI is InChI=1S/C20H35OP/c1-18(2,3)21-17-12-10-16(11-13-17)14-15-22(19(4,5)6)20(7,8)9/h10-13H,14-15H2,1-9H3. The molecule has 0 aromatic heterocycles. The smallest absolute Gasteiger partial charge is 0.120 e. The lowest BCUT2D eigenvalue weighted by Gasteiger charge is -2.41. The highest BCUT2D eigenvalue weighted by Crippen LogP contribution is 2.59. The van der Waals surface area contributed by atoms with E-state index in [-0.39, 0.29) is 13.5 Å². The second-order valence-electron chi connectivity index (χ2n) is 9.10. The summed E-state index contributed by atoms with van der Waals surface area (Å²) >= 11 is 0. The maximum atomic E-state index is 5.89. The number of ether oxygens (including phenoxy) is 1. The van der Waals surface area contributed by atoms with Gasteiger partial charge in [-0.15, -0.1) is 0 Å². The van der Waals surface area contributed by atoms with Gasteiger partial charge in [-0.2, -0.15) is 0 Å². The van der Waals surface area contributed by atoms with E-state index < -0.39 is 0 Å². The molecule has 1 rings (SSSR count). The summed E-state index contributed by atoms with van der Waals surface area (Å²) in [5.74, 6) is 0.963. The lowest BCUT2D eigenvalue weighted by atomic mass is 10.1. The van der Waals surface area contributed by atoms with E-state index in [1.807, 2.05) is 0 Å². The quantitative estimate of drug-likeness (QED) is 0.576. The Bertz CT molecular complexity index is 440. The van der Waals surface area contributed by atoms with Gasteiger partial charge in [-0.1, -0.05) is 61.6 Å². The fraction of sp³-hybridized carbons (Fsp3) is 0.700. The molecule has 2 heteroatoms. The summed E-state index contributed by atoms with van der Waals surface area (Å²) in [5, 5.41) is 0.811. The average molecular weight is 322 g/mol. The molecule has 22 heavy (non-hydrogen) atoms. The van der Waals surface area contributed by atoms with Crippen molar-refractivity contribution in [3.63, 3.8) is 0 Å². The van der Waals surface area contributed by atoms with Gasteiger partial charge in [0.15, 0.2) is 0 Å². The lowest BCUT2D eigenvalue weighted by Crippen LogP contribution is -2.27. The molecule has 0 bridgehead atoms. The van der Waals surface area contributed by atoms with E-state index in [1.165, 1.54) is 11.7 Å². The molecule has 0 radical (unpaired) electrons. The van der Waals surface area contributed by atoms with E-state index in [2.05, 4.69) is 86.6 Å². The molecule has 0 saturated carbocycles. The molecule has 0 aliphatic heterocycles. The van der Waals surface area contributed by atoms with Gasteiger partial charge in [-0.25, -0.2) is 0 Å². The largest absolute Gasteiger partial charge is 0.488 e. The first-order valence-electron chi connectivity index (χ1n) is 8.35. The fourth-order valence-corrected chi connectivity index (χ4v) is 6.83. The summed E-state index contributed by atoms with van der Waals surface area (Å²) < 4.78 is 5.89. The van der Waals surface area contributed by atoms with Crippen LogP contribution in [0, 0.1) is 0 Å². The van der Waals surface area contributed by atoms with Crippen LogP contribution in [0.25, 0.3) is 0 Å². The number of benzene rings is 1. The molecule has 1 nitrogen and oxygen atoms in total. The first-order chi connectivity index (χ1) is 9.79. The summed E-state index contributed by atoms with van der Waals surface area (Å²) in [6, 6.07) is 8.66. The van der Waals surface area contributed by atoms with Gasteiger partial charge in [0.2, 0.25) is 0 Å². The molecule has 0 saturated heterocycles. The van der Waals surface area contributed by atoms with E-state index >= 15 is 0 Å². The molecular formula is C20H35OP. The third kappa shape index (κ3) is 6.69. The fourth-order valence-electron chi connectivity index (χ4n) is 3.00. The highest BCUT2D eigenvalue weighted by atomic mass is 31.1. The Morgan fingerprint density at radius 2 is 1.23 bits per heavy atom. The molecule has 0 fully saturated rings. The lowest BCUT2D eigenvalue weighted by molar-refractivity contribution is 0.131. The molecule has 0 heterocycles. The minimum Gasteiger partial charge on any atom is -0.488 e. The van der Waals surface area contributed by atoms with Gasteiger partial charge in [0, 0.05) is 0 Å². The van der Waals surface area contributed by atoms with Crippen LogP contribution in [-0.2, 0) is 6.42 Å². The Balaban J connectivity index is 2.71. The monoisotopic (exact) mass is 322 g/mol. The van der Waals surface area contributed by atoms with E-state index in [9.17, 15) is 0 Å². The molecule has 0 atom stereocenters.